The maximum Gasteiger partial charge on any atom is 0.136 e. The molecule has 0 saturated heterocycles. The largest absolute Gasteiger partial charge is 0.299 e. The van der Waals surface area contributed by atoms with Gasteiger partial charge in [-0.25, -0.2) is 0 Å². The Morgan fingerprint density at radius 1 is 1.18 bits per heavy atom. The third-order valence-corrected chi connectivity index (χ3v) is 3.85. The highest BCUT2D eigenvalue weighted by atomic mass is 16.1. The van der Waals surface area contributed by atoms with Crippen molar-refractivity contribution in [3.63, 3.8) is 0 Å². The fourth-order valence-corrected chi connectivity index (χ4v) is 2.54. The molecule has 0 bridgehead atoms. The van der Waals surface area contributed by atoms with Crippen molar-refractivity contribution >= 4 is 5.78 Å². The summed E-state index contributed by atoms with van der Waals surface area (Å²) in [6.45, 7) is 4.52. The SMILES string of the molecule is CCCCCCCCC=C1CC(=O)CC[C@H]1C. The van der Waals surface area contributed by atoms with E-state index in [1.165, 1.54) is 50.5 Å². The summed E-state index contributed by atoms with van der Waals surface area (Å²) in [5, 5.41) is 0. The topological polar surface area (TPSA) is 17.1 Å². The highest BCUT2D eigenvalue weighted by molar-refractivity contribution is 5.82. The van der Waals surface area contributed by atoms with Crippen molar-refractivity contribution in [2.24, 2.45) is 5.92 Å². The molecule has 0 spiro atoms. The van der Waals surface area contributed by atoms with Crippen LogP contribution in [-0.4, -0.2) is 5.78 Å². The van der Waals surface area contributed by atoms with Crippen LogP contribution in [0.5, 0.6) is 0 Å². The van der Waals surface area contributed by atoms with Crippen LogP contribution >= 0.6 is 0 Å². The Morgan fingerprint density at radius 2 is 1.88 bits per heavy atom. The zero-order valence-corrected chi connectivity index (χ0v) is 11.6. The quantitative estimate of drug-likeness (QED) is 0.446. The van der Waals surface area contributed by atoms with Crippen LogP contribution in [0.2, 0.25) is 0 Å². The molecule has 1 aliphatic rings. The van der Waals surface area contributed by atoms with E-state index < -0.39 is 0 Å². The van der Waals surface area contributed by atoms with E-state index >= 15 is 0 Å². The molecular weight excluding hydrogens is 208 g/mol. The summed E-state index contributed by atoms with van der Waals surface area (Å²) in [5.41, 5.74) is 1.41. The lowest BCUT2D eigenvalue weighted by Crippen LogP contribution is -2.14. The van der Waals surface area contributed by atoms with Crippen LogP contribution in [0.3, 0.4) is 0 Å². The van der Waals surface area contributed by atoms with E-state index in [4.69, 9.17) is 0 Å². The zero-order valence-electron chi connectivity index (χ0n) is 11.6. The summed E-state index contributed by atoms with van der Waals surface area (Å²) in [5.74, 6) is 1.09. The molecular formula is C16H28O. The van der Waals surface area contributed by atoms with Gasteiger partial charge in [-0.05, 0) is 25.2 Å². The van der Waals surface area contributed by atoms with Gasteiger partial charge in [0.1, 0.15) is 5.78 Å². The number of Topliss-reactive ketones (excluding diaryl/α,β-unsaturated/α-hetero) is 1. The van der Waals surface area contributed by atoms with Crippen molar-refractivity contribution in [3.05, 3.63) is 11.6 Å². The van der Waals surface area contributed by atoms with E-state index in [0.29, 0.717) is 11.7 Å². The van der Waals surface area contributed by atoms with Gasteiger partial charge in [0.2, 0.25) is 0 Å². The molecule has 1 fully saturated rings. The van der Waals surface area contributed by atoms with Gasteiger partial charge in [-0.3, -0.25) is 4.79 Å². The second-order valence-corrected chi connectivity index (χ2v) is 5.49. The first-order valence-electron chi connectivity index (χ1n) is 7.44. The standard InChI is InChI=1S/C16H28O/c1-3-4-5-6-7-8-9-10-15-13-16(17)12-11-14(15)2/h10,14H,3-9,11-13H2,1-2H3/t14-/m1/s1. The molecule has 0 radical (unpaired) electrons. The van der Waals surface area contributed by atoms with Gasteiger partial charge in [0.05, 0.1) is 0 Å². The van der Waals surface area contributed by atoms with Crippen LogP contribution in [0.15, 0.2) is 11.6 Å². The van der Waals surface area contributed by atoms with Crippen LogP contribution in [0, 0.1) is 5.92 Å². The van der Waals surface area contributed by atoms with Crippen molar-refractivity contribution in [1.29, 1.82) is 0 Å². The van der Waals surface area contributed by atoms with Crippen molar-refractivity contribution in [2.75, 3.05) is 0 Å². The average Bonchev–Trinajstić information content (AvgIpc) is 2.32. The Balaban J connectivity index is 2.12. The zero-order chi connectivity index (χ0) is 12.5. The van der Waals surface area contributed by atoms with Gasteiger partial charge in [-0.1, -0.05) is 57.6 Å². The van der Waals surface area contributed by atoms with Crippen molar-refractivity contribution in [1.82, 2.24) is 0 Å². The highest BCUT2D eigenvalue weighted by Crippen LogP contribution is 2.27. The van der Waals surface area contributed by atoms with Gasteiger partial charge in [-0.2, -0.15) is 0 Å². The number of hydrogen-bond donors (Lipinski definition) is 0. The third kappa shape index (κ3) is 6.05. The van der Waals surface area contributed by atoms with Crippen molar-refractivity contribution in [2.45, 2.75) is 78.1 Å². The summed E-state index contributed by atoms with van der Waals surface area (Å²) >= 11 is 0. The molecule has 1 saturated carbocycles. The number of unbranched alkanes of at least 4 members (excludes halogenated alkanes) is 6. The number of hydrogen-bond acceptors (Lipinski definition) is 1. The second kappa shape index (κ2) is 8.49. The van der Waals surface area contributed by atoms with Gasteiger partial charge in [-0.15, -0.1) is 0 Å². The summed E-state index contributed by atoms with van der Waals surface area (Å²) in [7, 11) is 0. The first-order valence-corrected chi connectivity index (χ1v) is 7.44. The van der Waals surface area contributed by atoms with E-state index in [2.05, 4.69) is 19.9 Å². The highest BCUT2D eigenvalue weighted by Gasteiger charge is 2.19. The summed E-state index contributed by atoms with van der Waals surface area (Å²) in [6, 6.07) is 0. The predicted molar refractivity (Wildman–Crippen MR) is 74.1 cm³/mol. The molecule has 0 aromatic heterocycles. The smallest absolute Gasteiger partial charge is 0.136 e. The van der Waals surface area contributed by atoms with Crippen LogP contribution in [0.1, 0.15) is 78.1 Å². The van der Waals surface area contributed by atoms with Crippen LogP contribution < -0.4 is 0 Å². The summed E-state index contributed by atoms with van der Waals surface area (Å²) in [6.07, 6.45) is 14.3. The summed E-state index contributed by atoms with van der Waals surface area (Å²) < 4.78 is 0. The normalized spacial score (nSPS) is 23.3. The molecule has 1 rings (SSSR count). The van der Waals surface area contributed by atoms with E-state index in [-0.39, 0.29) is 0 Å². The Kier molecular flexibility index (Phi) is 7.23. The number of carbonyl (C=O) groups excluding carboxylic acids is 1. The maximum absolute atomic E-state index is 11.4. The minimum atomic E-state index is 0.442. The first kappa shape index (κ1) is 14.5. The Morgan fingerprint density at radius 3 is 2.65 bits per heavy atom. The fraction of sp³-hybridized carbons (Fsp3) is 0.812. The van der Waals surface area contributed by atoms with E-state index in [1.54, 1.807) is 0 Å². The molecule has 0 aromatic rings. The number of carbonyl (C=O) groups is 1. The fourth-order valence-electron chi connectivity index (χ4n) is 2.54. The first-order chi connectivity index (χ1) is 8.24. The van der Waals surface area contributed by atoms with Crippen LogP contribution in [0.25, 0.3) is 0 Å². The van der Waals surface area contributed by atoms with Crippen molar-refractivity contribution < 1.29 is 4.79 Å². The molecule has 1 nitrogen and oxygen atoms in total. The molecule has 0 unspecified atom stereocenters. The molecule has 0 aromatic carbocycles. The molecule has 1 heteroatoms. The Labute approximate surface area is 107 Å². The Bertz CT molecular complexity index is 252. The predicted octanol–water partition coefficient (Wildman–Crippen LogP) is 5.05. The lowest BCUT2D eigenvalue weighted by atomic mass is 9.84. The lowest BCUT2D eigenvalue weighted by molar-refractivity contribution is -0.119. The lowest BCUT2D eigenvalue weighted by Gasteiger charge is -2.20. The van der Waals surface area contributed by atoms with Gasteiger partial charge in [0.15, 0.2) is 0 Å². The molecule has 98 valence electrons. The molecule has 0 aliphatic heterocycles. The molecule has 1 aliphatic carbocycles. The molecule has 1 atom stereocenters. The number of ketones is 1. The number of rotatable bonds is 7. The van der Waals surface area contributed by atoms with Crippen LogP contribution in [0.4, 0.5) is 0 Å². The van der Waals surface area contributed by atoms with Crippen LogP contribution in [-0.2, 0) is 4.79 Å². The minimum absolute atomic E-state index is 0.442. The molecule has 0 amide bonds. The third-order valence-electron chi connectivity index (χ3n) is 3.85. The molecule has 17 heavy (non-hydrogen) atoms. The monoisotopic (exact) mass is 236 g/mol. The van der Waals surface area contributed by atoms with Gasteiger partial charge >= 0.3 is 0 Å². The summed E-state index contributed by atoms with van der Waals surface area (Å²) in [4.78, 5) is 11.4. The van der Waals surface area contributed by atoms with Gasteiger partial charge in [0.25, 0.3) is 0 Å². The molecule has 0 heterocycles. The Hall–Kier alpha value is -0.590. The number of allylic oxidation sites excluding steroid dienone is 2. The second-order valence-electron chi connectivity index (χ2n) is 5.49. The van der Waals surface area contributed by atoms with Crippen molar-refractivity contribution in [3.8, 4) is 0 Å². The van der Waals surface area contributed by atoms with E-state index in [9.17, 15) is 4.79 Å². The maximum atomic E-state index is 11.4. The average molecular weight is 236 g/mol. The van der Waals surface area contributed by atoms with E-state index in [0.717, 1.165) is 19.3 Å². The van der Waals surface area contributed by atoms with Gasteiger partial charge < -0.3 is 0 Å². The molecule has 0 N–H and O–H groups in total. The minimum Gasteiger partial charge on any atom is -0.299 e. The van der Waals surface area contributed by atoms with Gasteiger partial charge in [0, 0.05) is 12.8 Å². The van der Waals surface area contributed by atoms with E-state index in [1.807, 2.05) is 0 Å².